The number of hydrogen-bond donors (Lipinski definition) is 1. The fourth-order valence-electron chi connectivity index (χ4n) is 6.12. The van der Waals surface area contributed by atoms with Gasteiger partial charge in [-0.25, -0.2) is 0 Å². The number of hydrogen-bond acceptors (Lipinski definition) is 6. The van der Waals surface area contributed by atoms with E-state index in [-0.39, 0.29) is 36.9 Å². The van der Waals surface area contributed by atoms with Crippen LogP contribution in [0.15, 0.2) is 72.8 Å². The normalized spacial score (nSPS) is 24.4. The molecular weight excluding hydrogens is 530 g/mol. The molecule has 2 aromatic rings. The number of unbranched alkanes of at least 4 members (excludes halogenated alkanes) is 2. The lowest BCUT2D eigenvalue weighted by Crippen LogP contribution is -2.46. The Hall–Kier alpha value is -2.71. The van der Waals surface area contributed by atoms with Gasteiger partial charge in [0.1, 0.15) is 5.75 Å². The van der Waals surface area contributed by atoms with Gasteiger partial charge in [-0.15, -0.1) is 0 Å². The zero-order valence-corrected chi connectivity index (χ0v) is 25.2. The smallest absolute Gasteiger partial charge is 0.303 e. The van der Waals surface area contributed by atoms with Crippen LogP contribution in [0, 0.1) is 5.92 Å². The highest BCUT2D eigenvalue weighted by Crippen LogP contribution is 2.39. The Morgan fingerprint density at radius 3 is 2.52 bits per heavy atom. The van der Waals surface area contributed by atoms with Gasteiger partial charge in [-0.05, 0) is 82.7 Å². The molecule has 2 aliphatic rings. The van der Waals surface area contributed by atoms with Gasteiger partial charge in [-0.2, -0.15) is 0 Å². The second kappa shape index (κ2) is 18.1. The van der Waals surface area contributed by atoms with Crippen molar-refractivity contribution in [3.8, 4) is 5.75 Å². The van der Waals surface area contributed by atoms with Gasteiger partial charge in [0.2, 0.25) is 0 Å². The van der Waals surface area contributed by atoms with Gasteiger partial charge in [-0.3, -0.25) is 4.79 Å². The van der Waals surface area contributed by atoms with Crippen LogP contribution in [-0.2, 0) is 25.6 Å². The number of likely N-dealkylation sites (N-methyl/N-ethyl adjacent to an activating group) is 1. The van der Waals surface area contributed by atoms with Crippen LogP contribution in [0.1, 0.15) is 69.8 Å². The molecule has 1 aliphatic carbocycles. The first-order valence-electron chi connectivity index (χ1n) is 15.8. The maximum Gasteiger partial charge on any atom is 0.303 e. The summed E-state index contributed by atoms with van der Waals surface area (Å²) in [5, 5.41) is 8.97. The number of carboxylic acids is 1. The molecule has 1 saturated carbocycles. The fraction of sp³-hybridized carbons (Fsp3) is 0.571. The van der Waals surface area contributed by atoms with Crippen LogP contribution in [0.3, 0.4) is 0 Å². The quantitative estimate of drug-likeness (QED) is 0.153. The molecule has 4 rings (SSSR count). The van der Waals surface area contributed by atoms with Crippen LogP contribution in [-0.4, -0.2) is 67.3 Å². The molecular formula is C35H49NO6. The average Bonchev–Trinajstić information content (AvgIpc) is 3.35. The number of benzene rings is 2. The van der Waals surface area contributed by atoms with Crippen molar-refractivity contribution < 1.29 is 28.8 Å². The van der Waals surface area contributed by atoms with Crippen LogP contribution in [0.4, 0.5) is 0 Å². The third kappa shape index (κ3) is 10.8. The van der Waals surface area contributed by atoms with Crippen molar-refractivity contribution in [1.29, 1.82) is 0 Å². The minimum absolute atomic E-state index is 0.0184. The number of para-hydroxylation sites is 1. The molecule has 5 atom stereocenters. The molecule has 1 saturated heterocycles. The highest BCUT2D eigenvalue weighted by molar-refractivity contribution is 5.66. The molecule has 0 radical (unpaired) electrons. The number of carboxylic acid groups (broad SMARTS) is 1. The average molecular weight is 580 g/mol. The predicted octanol–water partition coefficient (Wildman–Crippen LogP) is 6.86. The van der Waals surface area contributed by atoms with Crippen molar-refractivity contribution >= 4 is 5.97 Å². The summed E-state index contributed by atoms with van der Waals surface area (Å²) in [6.07, 6.45) is 12.8. The van der Waals surface area contributed by atoms with Crippen LogP contribution >= 0.6 is 0 Å². The molecule has 2 aromatic carbocycles. The largest absolute Gasteiger partial charge is 0.494 e. The van der Waals surface area contributed by atoms with E-state index in [0.29, 0.717) is 19.6 Å². The summed E-state index contributed by atoms with van der Waals surface area (Å²) in [6, 6.07) is 20.5. The molecule has 2 fully saturated rings. The molecule has 1 N–H and O–H groups in total. The molecule has 0 bridgehead atoms. The van der Waals surface area contributed by atoms with Crippen molar-refractivity contribution in [2.75, 3.05) is 26.8 Å². The number of ether oxygens (including phenoxy) is 4. The van der Waals surface area contributed by atoms with Crippen molar-refractivity contribution in [3.63, 3.8) is 0 Å². The van der Waals surface area contributed by atoms with Crippen LogP contribution < -0.4 is 4.74 Å². The number of allylic oxidation sites excluding steroid dienone is 2. The molecule has 0 spiro atoms. The fourth-order valence-corrected chi connectivity index (χ4v) is 6.12. The highest BCUT2D eigenvalue weighted by atomic mass is 16.7. The molecule has 7 heteroatoms. The summed E-state index contributed by atoms with van der Waals surface area (Å²) in [6.45, 7) is 2.97. The monoisotopic (exact) mass is 579 g/mol. The first-order chi connectivity index (χ1) is 20.6. The van der Waals surface area contributed by atoms with Crippen molar-refractivity contribution in [2.24, 2.45) is 5.92 Å². The number of nitrogens with zero attached hydrogens (tertiary/aromatic N) is 1. The molecule has 42 heavy (non-hydrogen) atoms. The molecule has 230 valence electrons. The Kier molecular flexibility index (Phi) is 13.9. The summed E-state index contributed by atoms with van der Waals surface area (Å²) < 4.78 is 25.3. The molecule has 1 unspecified atom stereocenters. The second-order valence-electron chi connectivity index (χ2n) is 11.5. The van der Waals surface area contributed by atoms with Crippen molar-refractivity contribution in [3.05, 3.63) is 78.4 Å². The lowest BCUT2D eigenvalue weighted by atomic mass is 9.95. The lowest BCUT2D eigenvalue weighted by Gasteiger charge is -2.36. The highest BCUT2D eigenvalue weighted by Gasteiger charge is 2.46. The lowest BCUT2D eigenvalue weighted by molar-refractivity contribution is -0.197. The van der Waals surface area contributed by atoms with Crippen LogP contribution in [0.2, 0.25) is 0 Å². The van der Waals surface area contributed by atoms with Crippen LogP contribution in [0.5, 0.6) is 5.75 Å². The summed E-state index contributed by atoms with van der Waals surface area (Å²) >= 11 is 0. The summed E-state index contributed by atoms with van der Waals surface area (Å²) in [5.74, 6) is 0.425. The van der Waals surface area contributed by atoms with Gasteiger partial charge < -0.3 is 29.0 Å². The first-order valence-corrected chi connectivity index (χ1v) is 15.8. The Labute approximate surface area is 251 Å². The van der Waals surface area contributed by atoms with Crippen LogP contribution in [0.25, 0.3) is 0 Å². The van der Waals surface area contributed by atoms with E-state index in [1.807, 2.05) is 36.4 Å². The van der Waals surface area contributed by atoms with E-state index in [4.69, 9.17) is 24.1 Å². The summed E-state index contributed by atoms with van der Waals surface area (Å²) in [5.41, 5.74) is 1.17. The number of carbonyl (C=O) groups is 1. The Morgan fingerprint density at radius 1 is 1.00 bits per heavy atom. The number of aliphatic carboxylic acids is 1. The first kappa shape index (κ1) is 32.2. The zero-order valence-electron chi connectivity index (χ0n) is 25.2. The second-order valence-corrected chi connectivity index (χ2v) is 11.5. The maximum atomic E-state index is 10.9. The van der Waals surface area contributed by atoms with E-state index in [9.17, 15) is 4.79 Å². The summed E-state index contributed by atoms with van der Waals surface area (Å²) in [7, 11) is 2.21. The molecule has 7 nitrogen and oxygen atoms in total. The Morgan fingerprint density at radius 2 is 1.79 bits per heavy atom. The van der Waals surface area contributed by atoms with Gasteiger partial charge in [0.15, 0.2) is 6.29 Å². The Balaban J connectivity index is 1.41. The van der Waals surface area contributed by atoms with E-state index in [1.54, 1.807) is 0 Å². The van der Waals surface area contributed by atoms with E-state index in [0.717, 1.165) is 70.3 Å². The van der Waals surface area contributed by atoms with Crippen molar-refractivity contribution in [2.45, 2.75) is 95.4 Å². The summed E-state index contributed by atoms with van der Waals surface area (Å²) in [4.78, 5) is 13.4. The predicted molar refractivity (Wildman–Crippen MR) is 164 cm³/mol. The number of rotatable bonds is 18. The molecule has 1 aliphatic heterocycles. The van der Waals surface area contributed by atoms with Gasteiger partial charge in [0.05, 0.1) is 25.4 Å². The Bertz CT molecular complexity index is 1040. The minimum atomic E-state index is -0.741. The van der Waals surface area contributed by atoms with E-state index in [2.05, 4.69) is 48.4 Å². The third-order valence-electron chi connectivity index (χ3n) is 8.30. The van der Waals surface area contributed by atoms with Gasteiger partial charge >= 0.3 is 5.97 Å². The van der Waals surface area contributed by atoms with Crippen molar-refractivity contribution in [1.82, 2.24) is 4.90 Å². The zero-order chi connectivity index (χ0) is 29.4. The molecule has 0 amide bonds. The SMILES string of the molecule is CN(CCCCOc1ccccc1)[C@H]1[C@H](CC=CCCCC(=O)O)[C@H](OCc2ccccc2)C[C@@H]1OC1CCCCO1. The molecule has 1 heterocycles. The van der Waals surface area contributed by atoms with Gasteiger partial charge in [0, 0.05) is 31.4 Å². The van der Waals surface area contributed by atoms with E-state index >= 15 is 0 Å². The van der Waals surface area contributed by atoms with E-state index in [1.165, 1.54) is 5.56 Å². The minimum Gasteiger partial charge on any atom is -0.494 e. The van der Waals surface area contributed by atoms with Gasteiger partial charge in [-0.1, -0.05) is 60.7 Å². The topological polar surface area (TPSA) is 77.5 Å². The van der Waals surface area contributed by atoms with Gasteiger partial charge in [0.25, 0.3) is 0 Å². The molecule has 0 aromatic heterocycles. The van der Waals surface area contributed by atoms with E-state index < -0.39 is 5.97 Å². The third-order valence-corrected chi connectivity index (χ3v) is 8.30. The maximum absolute atomic E-state index is 10.9. The standard InChI is InChI=1S/C35H49NO6/c1-36(23-13-15-24-39-29-18-8-5-9-19-29)35-30(20-10-2-3-11-21-33(37)38)31(41-27-28-16-6-4-7-17-28)26-32(35)42-34-22-12-14-25-40-34/h2,4-10,16-19,30-32,34-35H,3,11-15,20-27H2,1H3,(H,37,38)/t30-,31-,32+,34?,35+/m1/s1.